The molecule has 4 nitrogen and oxygen atoms in total. The van der Waals surface area contributed by atoms with Crippen molar-refractivity contribution < 1.29 is 4.42 Å². The zero-order chi connectivity index (χ0) is 9.97. The first kappa shape index (κ1) is 9.21. The summed E-state index contributed by atoms with van der Waals surface area (Å²) in [5.41, 5.74) is 2.87. The Balaban J connectivity index is 2.01. The van der Waals surface area contributed by atoms with Crippen LogP contribution in [0, 0.1) is 13.8 Å². The minimum absolute atomic E-state index is 0.734. The second-order valence-electron chi connectivity index (χ2n) is 3.04. The number of nitrogens with zero attached hydrogens (tertiary/aromatic N) is 2. The molecule has 0 unspecified atom stereocenters. The lowest BCUT2D eigenvalue weighted by Gasteiger charge is -1.99. The van der Waals surface area contributed by atoms with Crippen LogP contribution in [-0.4, -0.2) is 10.2 Å². The summed E-state index contributed by atoms with van der Waals surface area (Å²) in [6.45, 7) is 4.64. The fourth-order valence-electron chi connectivity index (χ4n) is 1.28. The van der Waals surface area contributed by atoms with Crippen LogP contribution in [0.4, 0.5) is 5.13 Å². The Morgan fingerprint density at radius 2 is 2.36 bits per heavy atom. The van der Waals surface area contributed by atoms with Crippen LogP contribution in [0.25, 0.3) is 0 Å². The molecular weight excluding hydrogens is 198 g/mol. The van der Waals surface area contributed by atoms with E-state index in [9.17, 15) is 0 Å². The Bertz CT molecular complexity index is 408. The smallest absolute Gasteiger partial charge is 0.205 e. The van der Waals surface area contributed by atoms with Crippen molar-refractivity contribution in [1.82, 2.24) is 10.2 Å². The number of hydrogen-bond donors (Lipinski definition) is 1. The van der Waals surface area contributed by atoms with Gasteiger partial charge in [-0.3, -0.25) is 0 Å². The lowest BCUT2D eigenvalue weighted by atomic mass is 10.2. The highest BCUT2D eigenvalue weighted by molar-refractivity contribution is 7.13. The summed E-state index contributed by atoms with van der Waals surface area (Å²) in [5.74, 6) is 1.90. The molecular formula is C9H11N3OS. The Morgan fingerprint density at radius 3 is 2.93 bits per heavy atom. The van der Waals surface area contributed by atoms with Crippen LogP contribution >= 0.6 is 11.3 Å². The molecule has 0 spiro atoms. The molecule has 2 aromatic rings. The molecule has 0 atom stereocenters. The summed E-state index contributed by atoms with van der Waals surface area (Å²) < 4.78 is 5.41. The largest absolute Gasteiger partial charge is 0.466 e. The van der Waals surface area contributed by atoms with Gasteiger partial charge < -0.3 is 9.73 Å². The van der Waals surface area contributed by atoms with Gasteiger partial charge in [0.2, 0.25) is 5.13 Å². The number of nitrogens with one attached hydrogen (secondary N) is 1. The van der Waals surface area contributed by atoms with Crippen molar-refractivity contribution in [2.75, 3.05) is 5.32 Å². The molecule has 0 bridgehead atoms. The van der Waals surface area contributed by atoms with Gasteiger partial charge in [-0.2, -0.15) is 0 Å². The molecule has 0 aliphatic rings. The van der Waals surface area contributed by atoms with E-state index in [-0.39, 0.29) is 0 Å². The van der Waals surface area contributed by atoms with Crippen LogP contribution in [-0.2, 0) is 6.54 Å². The molecule has 0 aliphatic carbocycles. The number of rotatable bonds is 3. The predicted octanol–water partition coefficient (Wildman–Crippen LogP) is 2.36. The molecule has 0 saturated carbocycles. The van der Waals surface area contributed by atoms with E-state index in [1.54, 1.807) is 5.51 Å². The van der Waals surface area contributed by atoms with E-state index in [1.165, 1.54) is 11.3 Å². The molecule has 2 rings (SSSR count). The second kappa shape index (κ2) is 3.79. The van der Waals surface area contributed by atoms with E-state index >= 15 is 0 Å². The van der Waals surface area contributed by atoms with E-state index in [4.69, 9.17) is 4.42 Å². The molecule has 0 aromatic carbocycles. The van der Waals surface area contributed by atoms with Crippen LogP contribution in [0.5, 0.6) is 0 Å². The Labute approximate surface area is 86.0 Å². The Morgan fingerprint density at radius 1 is 1.50 bits per heavy atom. The minimum atomic E-state index is 0.734. The first-order chi connectivity index (χ1) is 6.75. The highest BCUT2D eigenvalue weighted by atomic mass is 32.1. The topological polar surface area (TPSA) is 51.0 Å². The van der Waals surface area contributed by atoms with Gasteiger partial charge in [0.1, 0.15) is 17.0 Å². The molecule has 2 heterocycles. The van der Waals surface area contributed by atoms with Gasteiger partial charge in [0.05, 0.1) is 0 Å². The average Bonchev–Trinajstić information content (AvgIpc) is 2.72. The van der Waals surface area contributed by atoms with Crippen molar-refractivity contribution >= 4 is 16.5 Å². The molecule has 1 N–H and O–H groups in total. The van der Waals surface area contributed by atoms with E-state index in [0.29, 0.717) is 0 Å². The third-order valence-corrected chi connectivity index (χ3v) is 2.58. The number of furan rings is 1. The first-order valence-electron chi connectivity index (χ1n) is 4.31. The summed E-state index contributed by atoms with van der Waals surface area (Å²) in [6, 6.07) is 2.03. The van der Waals surface area contributed by atoms with Crippen molar-refractivity contribution in [3.8, 4) is 0 Å². The molecule has 14 heavy (non-hydrogen) atoms. The van der Waals surface area contributed by atoms with Crippen molar-refractivity contribution in [3.05, 3.63) is 28.7 Å². The second-order valence-corrected chi connectivity index (χ2v) is 3.87. The SMILES string of the molecule is Cc1cc(CNc2nncs2)c(C)o1. The van der Waals surface area contributed by atoms with Crippen molar-refractivity contribution in [2.45, 2.75) is 20.4 Å². The standard InChI is InChI=1S/C9H11N3OS/c1-6-3-8(7(2)13-6)4-10-9-12-11-5-14-9/h3,5H,4H2,1-2H3,(H,10,12). The lowest BCUT2D eigenvalue weighted by Crippen LogP contribution is -1.98. The molecule has 0 amide bonds. The Kier molecular flexibility index (Phi) is 2.49. The number of hydrogen-bond acceptors (Lipinski definition) is 5. The van der Waals surface area contributed by atoms with Crippen molar-refractivity contribution in [3.63, 3.8) is 0 Å². The number of aryl methyl sites for hydroxylation is 2. The normalized spacial score (nSPS) is 10.4. The van der Waals surface area contributed by atoms with E-state index in [1.807, 2.05) is 19.9 Å². The fourth-order valence-corrected chi connectivity index (χ4v) is 1.72. The van der Waals surface area contributed by atoms with Crippen LogP contribution in [0.1, 0.15) is 17.1 Å². The molecule has 5 heteroatoms. The van der Waals surface area contributed by atoms with Crippen molar-refractivity contribution in [1.29, 1.82) is 0 Å². The highest BCUT2D eigenvalue weighted by Crippen LogP contribution is 2.16. The van der Waals surface area contributed by atoms with Crippen LogP contribution in [0.2, 0.25) is 0 Å². The van der Waals surface area contributed by atoms with Gasteiger partial charge in [-0.15, -0.1) is 10.2 Å². The zero-order valence-corrected chi connectivity index (χ0v) is 8.89. The monoisotopic (exact) mass is 209 g/mol. The molecule has 0 saturated heterocycles. The molecule has 0 radical (unpaired) electrons. The van der Waals surface area contributed by atoms with E-state index < -0.39 is 0 Å². The summed E-state index contributed by atoms with van der Waals surface area (Å²) in [6.07, 6.45) is 0. The fraction of sp³-hybridized carbons (Fsp3) is 0.333. The summed E-state index contributed by atoms with van der Waals surface area (Å²) >= 11 is 1.49. The molecule has 0 fully saturated rings. The summed E-state index contributed by atoms with van der Waals surface area (Å²) in [7, 11) is 0. The van der Waals surface area contributed by atoms with E-state index in [0.717, 1.165) is 28.8 Å². The quantitative estimate of drug-likeness (QED) is 0.843. The van der Waals surface area contributed by atoms with Gasteiger partial charge in [-0.05, 0) is 19.9 Å². The first-order valence-corrected chi connectivity index (χ1v) is 5.19. The third-order valence-electron chi connectivity index (χ3n) is 1.93. The van der Waals surface area contributed by atoms with E-state index in [2.05, 4.69) is 15.5 Å². The van der Waals surface area contributed by atoms with Gasteiger partial charge in [-0.1, -0.05) is 11.3 Å². The number of anilines is 1. The lowest BCUT2D eigenvalue weighted by molar-refractivity contribution is 0.501. The zero-order valence-electron chi connectivity index (χ0n) is 8.07. The van der Waals surface area contributed by atoms with Gasteiger partial charge in [0.15, 0.2) is 0 Å². The van der Waals surface area contributed by atoms with Crippen LogP contribution in [0.15, 0.2) is 16.0 Å². The van der Waals surface area contributed by atoms with Crippen LogP contribution in [0.3, 0.4) is 0 Å². The molecule has 2 aromatic heterocycles. The van der Waals surface area contributed by atoms with Gasteiger partial charge in [-0.25, -0.2) is 0 Å². The molecule has 0 aliphatic heterocycles. The summed E-state index contributed by atoms with van der Waals surface area (Å²) in [5, 5.41) is 11.7. The predicted molar refractivity (Wildman–Crippen MR) is 55.4 cm³/mol. The Hall–Kier alpha value is -1.36. The van der Waals surface area contributed by atoms with Gasteiger partial charge in [0.25, 0.3) is 0 Å². The third kappa shape index (κ3) is 1.93. The molecule has 74 valence electrons. The average molecular weight is 209 g/mol. The highest BCUT2D eigenvalue weighted by Gasteiger charge is 2.04. The summed E-state index contributed by atoms with van der Waals surface area (Å²) in [4.78, 5) is 0. The maximum atomic E-state index is 5.41. The maximum Gasteiger partial charge on any atom is 0.205 e. The maximum absolute atomic E-state index is 5.41. The number of aromatic nitrogens is 2. The van der Waals surface area contributed by atoms with Gasteiger partial charge >= 0.3 is 0 Å². The van der Waals surface area contributed by atoms with Gasteiger partial charge in [0, 0.05) is 12.1 Å². The van der Waals surface area contributed by atoms with Crippen LogP contribution < -0.4 is 5.32 Å². The van der Waals surface area contributed by atoms with Crippen molar-refractivity contribution in [2.24, 2.45) is 0 Å². The minimum Gasteiger partial charge on any atom is -0.466 e.